The van der Waals surface area contributed by atoms with Gasteiger partial charge in [0, 0.05) is 13.0 Å². The fraction of sp³-hybridized carbons (Fsp3) is 0.136. The van der Waals surface area contributed by atoms with Gasteiger partial charge in [-0.25, -0.2) is 4.98 Å². The number of amides is 2. The maximum atomic E-state index is 13.1. The van der Waals surface area contributed by atoms with E-state index in [0.29, 0.717) is 18.9 Å². The SMILES string of the molecule is O=C(Nc1nc2ccccc2[nH]1)[C@H]1Cc2ccccc2CN1C(=O)c1ccco1. The van der Waals surface area contributed by atoms with Crippen molar-refractivity contribution in [2.75, 3.05) is 5.32 Å². The number of nitrogens with zero attached hydrogens (tertiary/aromatic N) is 2. The summed E-state index contributed by atoms with van der Waals surface area (Å²) in [5.74, 6) is -0.0286. The molecule has 2 N–H and O–H groups in total. The Morgan fingerprint density at radius 1 is 1.03 bits per heavy atom. The van der Waals surface area contributed by atoms with Gasteiger partial charge in [-0.05, 0) is 35.4 Å². The van der Waals surface area contributed by atoms with E-state index in [1.54, 1.807) is 17.0 Å². The number of H-pyrrole nitrogens is 1. The second-order valence-corrected chi connectivity index (χ2v) is 6.99. The monoisotopic (exact) mass is 386 g/mol. The summed E-state index contributed by atoms with van der Waals surface area (Å²) in [7, 11) is 0. The van der Waals surface area contributed by atoms with E-state index in [1.165, 1.54) is 6.26 Å². The molecule has 144 valence electrons. The van der Waals surface area contributed by atoms with E-state index >= 15 is 0 Å². The lowest BCUT2D eigenvalue weighted by Crippen LogP contribution is -2.50. The second-order valence-electron chi connectivity index (χ2n) is 6.99. The third-order valence-corrected chi connectivity index (χ3v) is 5.18. The van der Waals surface area contributed by atoms with Crippen LogP contribution in [0, 0.1) is 0 Å². The molecule has 0 saturated carbocycles. The number of para-hydroxylation sites is 2. The van der Waals surface area contributed by atoms with Crippen molar-refractivity contribution in [3.63, 3.8) is 0 Å². The molecule has 7 heteroatoms. The lowest BCUT2D eigenvalue weighted by Gasteiger charge is -2.35. The van der Waals surface area contributed by atoms with Gasteiger partial charge >= 0.3 is 0 Å². The summed E-state index contributed by atoms with van der Waals surface area (Å²) in [6, 6.07) is 18.0. The Kier molecular flexibility index (Phi) is 4.13. The highest BCUT2D eigenvalue weighted by Gasteiger charge is 2.36. The van der Waals surface area contributed by atoms with Gasteiger partial charge in [-0.2, -0.15) is 0 Å². The average molecular weight is 386 g/mol. The van der Waals surface area contributed by atoms with Crippen LogP contribution >= 0.6 is 0 Å². The molecule has 7 nitrogen and oxygen atoms in total. The summed E-state index contributed by atoms with van der Waals surface area (Å²) in [6.07, 6.45) is 1.88. The molecule has 0 bridgehead atoms. The zero-order valence-electron chi connectivity index (χ0n) is 15.5. The van der Waals surface area contributed by atoms with E-state index in [9.17, 15) is 9.59 Å². The van der Waals surface area contributed by atoms with Gasteiger partial charge in [0.05, 0.1) is 17.3 Å². The molecule has 5 rings (SSSR count). The molecule has 1 aliphatic heterocycles. The largest absolute Gasteiger partial charge is 0.459 e. The maximum absolute atomic E-state index is 13.1. The quantitative estimate of drug-likeness (QED) is 0.565. The van der Waals surface area contributed by atoms with Gasteiger partial charge in [0.25, 0.3) is 5.91 Å². The predicted molar refractivity (Wildman–Crippen MR) is 107 cm³/mol. The van der Waals surface area contributed by atoms with Crippen molar-refractivity contribution in [3.8, 4) is 0 Å². The number of imidazole rings is 1. The van der Waals surface area contributed by atoms with Crippen molar-refractivity contribution < 1.29 is 14.0 Å². The minimum atomic E-state index is -0.671. The number of benzene rings is 2. The van der Waals surface area contributed by atoms with Gasteiger partial charge < -0.3 is 14.3 Å². The first-order valence-corrected chi connectivity index (χ1v) is 9.36. The molecule has 2 aromatic heterocycles. The third kappa shape index (κ3) is 3.16. The zero-order valence-corrected chi connectivity index (χ0v) is 15.5. The normalized spacial score (nSPS) is 15.9. The number of hydrogen-bond acceptors (Lipinski definition) is 4. The summed E-state index contributed by atoms with van der Waals surface area (Å²) >= 11 is 0. The van der Waals surface area contributed by atoms with Crippen LogP contribution in [0.2, 0.25) is 0 Å². The van der Waals surface area contributed by atoms with E-state index in [0.717, 1.165) is 22.2 Å². The van der Waals surface area contributed by atoms with Gasteiger partial charge in [-0.15, -0.1) is 0 Å². The molecular weight excluding hydrogens is 368 g/mol. The second kappa shape index (κ2) is 6.94. The lowest BCUT2D eigenvalue weighted by molar-refractivity contribution is -0.121. The van der Waals surface area contributed by atoms with Crippen molar-refractivity contribution in [1.29, 1.82) is 0 Å². The molecule has 4 aromatic rings. The molecule has 1 atom stereocenters. The van der Waals surface area contributed by atoms with Gasteiger partial charge in [0.15, 0.2) is 5.76 Å². The summed E-state index contributed by atoms with van der Waals surface area (Å²) in [5.41, 5.74) is 3.68. The Bertz CT molecular complexity index is 1160. The summed E-state index contributed by atoms with van der Waals surface area (Å²) in [5, 5.41) is 2.83. The summed E-state index contributed by atoms with van der Waals surface area (Å²) < 4.78 is 5.28. The smallest absolute Gasteiger partial charge is 0.290 e. The molecule has 3 heterocycles. The molecule has 2 aromatic carbocycles. The van der Waals surface area contributed by atoms with Crippen molar-refractivity contribution in [2.45, 2.75) is 19.0 Å². The number of anilines is 1. The molecule has 0 aliphatic carbocycles. The highest BCUT2D eigenvalue weighted by atomic mass is 16.3. The number of fused-ring (bicyclic) bond motifs is 2. The van der Waals surface area contributed by atoms with Crippen LogP contribution in [0.5, 0.6) is 0 Å². The third-order valence-electron chi connectivity index (χ3n) is 5.18. The molecule has 0 fully saturated rings. The van der Waals surface area contributed by atoms with Gasteiger partial charge in [-0.3, -0.25) is 14.9 Å². The van der Waals surface area contributed by atoms with E-state index in [1.807, 2.05) is 48.5 Å². The molecular formula is C22H18N4O3. The van der Waals surface area contributed by atoms with Crippen LogP contribution in [-0.4, -0.2) is 32.7 Å². The Labute approximate surface area is 166 Å². The molecule has 0 saturated heterocycles. The standard InChI is InChI=1S/C22H18N4O3/c27-20(25-22-23-16-8-3-4-9-17(16)24-22)18-12-14-6-1-2-7-15(14)13-26(18)21(28)19-10-5-11-29-19/h1-11,18H,12-13H2,(H2,23,24,25,27)/t18-/m1/s1. The molecule has 0 radical (unpaired) electrons. The average Bonchev–Trinajstić information content (AvgIpc) is 3.41. The number of carbonyl (C=O) groups is 2. The topological polar surface area (TPSA) is 91.2 Å². The Morgan fingerprint density at radius 2 is 1.83 bits per heavy atom. The number of rotatable bonds is 3. The highest BCUT2D eigenvalue weighted by molar-refractivity contribution is 6.00. The predicted octanol–water partition coefficient (Wildman–Crippen LogP) is 3.36. The van der Waals surface area contributed by atoms with Crippen molar-refractivity contribution in [2.24, 2.45) is 0 Å². The number of aromatic amines is 1. The molecule has 1 aliphatic rings. The first kappa shape index (κ1) is 17.2. The Morgan fingerprint density at radius 3 is 2.62 bits per heavy atom. The van der Waals surface area contributed by atoms with E-state index < -0.39 is 6.04 Å². The van der Waals surface area contributed by atoms with E-state index in [2.05, 4.69) is 15.3 Å². The van der Waals surface area contributed by atoms with Crippen molar-refractivity contribution in [3.05, 3.63) is 83.8 Å². The number of aromatic nitrogens is 2. The van der Waals surface area contributed by atoms with Gasteiger partial charge in [0.2, 0.25) is 11.9 Å². The maximum Gasteiger partial charge on any atom is 0.290 e. The fourth-order valence-corrected chi connectivity index (χ4v) is 3.72. The van der Waals surface area contributed by atoms with Crippen LogP contribution in [0.25, 0.3) is 11.0 Å². The van der Waals surface area contributed by atoms with Gasteiger partial charge in [-0.1, -0.05) is 36.4 Å². The van der Waals surface area contributed by atoms with E-state index in [4.69, 9.17) is 4.42 Å². The van der Waals surface area contributed by atoms with Crippen molar-refractivity contribution >= 4 is 28.8 Å². The number of furan rings is 1. The van der Waals surface area contributed by atoms with Gasteiger partial charge in [0.1, 0.15) is 6.04 Å². The molecule has 2 amide bonds. The zero-order chi connectivity index (χ0) is 19.8. The highest BCUT2D eigenvalue weighted by Crippen LogP contribution is 2.26. The van der Waals surface area contributed by atoms with Crippen LogP contribution in [0.1, 0.15) is 21.7 Å². The minimum absolute atomic E-state index is 0.214. The van der Waals surface area contributed by atoms with Crippen LogP contribution in [-0.2, 0) is 17.8 Å². The molecule has 0 unspecified atom stereocenters. The number of hydrogen-bond donors (Lipinski definition) is 2. The van der Waals surface area contributed by atoms with E-state index in [-0.39, 0.29) is 17.6 Å². The number of nitrogens with one attached hydrogen (secondary N) is 2. The summed E-state index contributed by atoms with van der Waals surface area (Å²) in [4.78, 5) is 35.2. The van der Waals surface area contributed by atoms with Crippen LogP contribution in [0.4, 0.5) is 5.95 Å². The first-order chi connectivity index (χ1) is 14.2. The molecule has 29 heavy (non-hydrogen) atoms. The Hall–Kier alpha value is -3.87. The fourth-order valence-electron chi connectivity index (χ4n) is 3.72. The van der Waals surface area contributed by atoms with Crippen LogP contribution in [0.3, 0.4) is 0 Å². The molecule has 0 spiro atoms. The van der Waals surface area contributed by atoms with Crippen LogP contribution < -0.4 is 5.32 Å². The number of carbonyl (C=O) groups excluding carboxylic acids is 2. The first-order valence-electron chi connectivity index (χ1n) is 9.36. The Balaban J connectivity index is 1.46. The van der Waals surface area contributed by atoms with Crippen molar-refractivity contribution in [1.82, 2.24) is 14.9 Å². The minimum Gasteiger partial charge on any atom is -0.459 e. The lowest BCUT2D eigenvalue weighted by atomic mass is 9.93. The summed E-state index contributed by atoms with van der Waals surface area (Å²) in [6.45, 7) is 0.341. The van der Waals surface area contributed by atoms with Crippen LogP contribution in [0.15, 0.2) is 71.3 Å².